The van der Waals surface area contributed by atoms with Gasteiger partial charge in [0.15, 0.2) is 6.20 Å². The Kier molecular flexibility index (Phi) is 5.87. The Labute approximate surface area is 225 Å². The molecule has 40 heavy (non-hydrogen) atoms. The number of benzene rings is 1. The van der Waals surface area contributed by atoms with Gasteiger partial charge in [0, 0.05) is 22.3 Å². The molecule has 0 spiro atoms. The summed E-state index contributed by atoms with van der Waals surface area (Å²) in [5.41, 5.74) is -0.458. The molecule has 0 saturated heterocycles. The van der Waals surface area contributed by atoms with Crippen LogP contribution in [-0.2, 0) is 12.7 Å². The lowest BCUT2D eigenvalue weighted by atomic mass is 9.98. The minimum absolute atomic E-state index is 0.0413. The van der Waals surface area contributed by atoms with Crippen molar-refractivity contribution in [3.8, 4) is 28.3 Å². The predicted octanol–water partition coefficient (Wildman–Crippen LogP) is 1.49. The SMILES string of the molecule is COc1ncc(-c2c(-c3ccc(Cl)cc3)c3nnc(=O)n3n3c(=O)[n+](Cc4ccc(C(F)(F)F)nc4)nc23)c[nH+]1. The van der Waals surface area contributed by atoms with E-state index in [2.05, 4.69) is 30.2 Å². The highest BCUT2D eigenvalue weighted by atomic mass is 35.5. The molecule has 0 aliphatic heterocycles. The van der Waals surface area contributed by atoms with E-state index in [1.54, 1.807) is 30.5 Å². The average Bonchev–Trinajstić information content (AvgIpc) is 3.47. The molecule has 16 heteroatoms. The number of methoxy groups -OCH3 is 1. The van der Waals surface area contributed by atoms with Crippen LogP contribution in [0.1, 0.15) is 11.3 Å². The van der Waals surface area contributed by atoms with Crippen molar-refractivity contribution in [3.05, 3.63) is 92.2 Å². The van der Waals surface area contributed by atoms with Gasteiger partial charge in [-0.3, -0.25) is 4.98 Å². The third-order valence-corrected chi connectivity index (χ3v) is 6.31. The molecule has 0 fully saturated rings. The van der Waals surface area contributed by atoms with E-state index in [-0.39, 0.29) is 29.4 Å². The first-order valence-corrected chi connectivity index (χ1v) is 11.8. The Morgan fingerprint density at radius 1 is 0.950 bits per heavy atom. The molecule has 0 saturated carbocycles. The van der Waals surface area contributed by atoms with Gasteiger partial charge in [0.2, 0.25) is 5.65 Å². The van der Waals surface area contributed by atoms with Crippen molar-refractivity contribution in [1.29, 1.82) is 0 Å². The van der Waals surface area contributed by atoms with Crippen molar-refractivity contribution in [2.45, 2.75) is 12.7 Å². The number of alkyl halides is 3. The van der Waals surface area contributed by atoms with Crippen LogP contribution in [0, 0.1) is 0 Å². The number of nitrogens with zero attached hydrogens (tertiary/aromatic N) is 8. The van der Waals surface area contributed by atoms with Crippen LogP contribution in [0.3, 0.4) is 0 Å². The molecule has 1 aromatic carbocycles. The minimum atomic E-state index is -4.61. The maximum absolute atomic E-state index is 13.6. The molecule has 0 aliphatic rings. The van der Waals surface area contributed by atoms with Crippen LogP contribution in [0.15, 0.2) is 64.6 Å². The number of halogens is 4. The highest BCUT2D eigenvalue weighted by Gasteiger charge is 2.34. The van der Waals surface area contributed by atoms with Crippen molar-refractivity contribution in [3.63, 3.8) is 0 Å². The summed E-state index contributed by atoms with van der Waals surface area (Å²) in [6, 6.07) is 8.94. The van der Waals surface area contributed by atoms with Crippen molar-refractivity contribution < 1.29 is 27.6 Å². The molecule has 6 aromatic rings. The third kappa shape index (κ3) is 4.16. The summed E-state index contributed by atoms with van der Waals surface area (Å²) >= 11 is 6.10. The highest BCUT2D eigenvalue weighted by Crippen LogP contribution is 2.36. The summed E-state index contributed by atoms with van der Waals surface area (Å²) in [4.78, 5) is 37.0. The first kappa shape index (κ1) is 25.2. The van der Waals surface area contributed by atoms with Crippen molar-refractivity contribution in [2.24, 2.45) is 0 Å². The number of fused-ring (bicyclic) bond motifs is 3. The zero-order valence-electron chi connectivity index (χ0n) is 20.2. The molecule has 0 atom stereocenters. The number of pyridine rings is 1. The summed E-state index contributed by atoms with van der Waals surface area (Å²) in [6.45, 7) is -0.230. The molecule has 200 valence electrons. The highest BCUT2D eigenvalue weighted by molar-refractivity contribution is 6.30. The first-order chi connectivity index (χ1) is 19.2. The van der Waals surface area contributed by atoms with Crippen LogP contribution in [-0.4, -0.2) is 41.4 Å². The lowest BCUT2D eigenvalue weighted by molar-refractivity contribution is -0.755. The first-order valence-electron chi connectivity index (χ1n) is 11.4. The van der Waals surface area contributed by atoms with Gasteiger partial charge in [0.25, 0.3) is 5.65 Å². The number of aromatic nitrogens is 9. The molecular formula is C24H15ClF3N9O3+2. The fraction of sp³-hybridized carbons (Fsp3) is 0.125. The van der Waals surface area contributed by atoms with Gasteiger partial charge in [-0.1, -0.05) is 44.1 Å². The molecule has 0 aliphatic carbocycles. The maximum atomic E-state index is 13.6. The average molecular weight is 570 g/mol. The van der Waals surface area contributed by atoms with Gasteiger partial charge in [-0.25, -0.2) is 9.78 Å². The van der Waals surface area contributed by atoms with E-state index in [1.807, 2.05) is 0 Å². The van der Waals surface area contributed by atoms with E-state index in [0.29, 0.717) is 27.3 Å². The standard InChI is InChI=1S/C24H14ClF3N9O3/c1-40-21-30-9-14(10-31-21)18-17(13-3-5-15(25)6-4-13)19-32-33-22(38)36(19)37-20(18)34-35(23(37)39)11-12-2-7-16(29-8-12)24(26,27)28/h2-10H,11H2,1H3/q+1/p+1. The number of nitrogens with one attached hydrogen (secondary N) is 1. The van der Waals surface area contributed by atoms with Gasteiger partial charge >= 0.3 is 23.6 Å². The third-order valence-electron chi connectivity index (χ3n) is 6.06. The molecule has 12 nitrogen and oxygen atoms in total. The zero-order chi connectivity index (χ0) is 28.2. The van der Waals surface area contributed by atoms with Crippen LogP contribution in [0.5, 0.6) is 6.01 Å². The Balaban J connectivity index is 1.65. The van der Waals surface area contributed by atoms with Gasteiger partial charge in [0.05, 0.1) is 18.2 Å². The smallest absolute Gasteiger partial charge is 0.432 e. The summed E-state index contributed by atoms with van der Waals surface area (Å²) in [6.07, 6.45) is -0.540. The monoisotopic (exact) mass is 569 g/mol. The van der Waals surface area contributed by atoms with Gasteiger partial charge in [-0.15, -0.1) is 5.10 Å². The van der Waals surface area contributed by atoms with E-state index in [0.717, 1.165) is 26.0 Å². The van der Waals surface area contributed by atoms with E-state index >= 15 is 0 Å². The Morgan fingerprint density at radius 3 is 2.33 bits per heavy atom. The van der Waals surface area contributed by atoms with Crippen molar-refractivity contribution in [1.82, 2.24) is 34.3 Å². The topological polar surface area (TPSA) is 135 Å². The van der Waals surface area contributed by atoms with Crippen LogP contribution in [0.2, 0.25) is 5.02 Å². The van der Waals surface area contributed by atoms with Crippen molar-refractivity contribution >= 4 is 22.9 Å². The van der Waals surface area contributed by atoms with E-state index in [4.69, 9.17) is 16.3 Å². The number of hydrogen-bond donors (Lipinski definition) is 0. The zero-order valence-corrected chi connectivity index (χ0v) is 21.0. The van der Waals surface area contributed by atoms with Crippen molar-refractivity contribution in [2.75, 3.05) is 7.11 Å². The van der Waals surface area contributed by atoms with Gasteiger partial charge in [-0.2, -0.15) is 18.0 Å². The Bertz CT molecular complexity index is 1990. The number of H-pyrrole nitrogens is 1. The molecule has 5 heterocycles. The summed E-state index contributed by atoms with van der Waals surface area (Å²) < 4.78 is 47.0. The summed E-state index contributed by atoms with van der Waals surface area (Å²) in [5, 5.41) is 12.7. The minimum Gasteiger partial charge on any atom is -0.432 e. The number of hydrogen-bond acceptors (Lipinski definition) is 8. The molecule has 0 radical (unpaired) electrons. The molecule has 1 N–H and O–H groups in total. The number of ether oxygens (including phenoxy) is 1. The van der Waals surface area contributed by atoms with Crippen LogP contribution in [0.25, 0.3) is 33.5 Å². The number of rotatable bonds is 5. The second kappa shape index (κ2) is 9.30. The Morgan fingerprint density at radius 2 is 1.70 bits per heavy atom. The fourth-order valence-electron chi connectivity index (χ4n) is 4.28. The molecule has 6 rings (SSSR count). The molecule has 0 unspecified atom stereocenters. The summed E-state index contributed by atoms with van der Waals surface area (Å²) in [5.74, 6) is 0. The van der Waals surface area contributed by atoms with Gasteiger partial charge in [-0.05, 0) is 38.4 Å². The molecule has 0 amide bonds. The van der Waals surface area contributed by atoms with E-state index < -0.39 is 23.2 Å². The summed E-state index contributed by atoms with van der Waals surface area (Å²) in [7, 11) is 1.44. The van der Waals surface area contributed by atoms with Crippen LogP contribution in [0.4, 0.5) is 13.2 Å². The van der Waals surface area contributed by atoms with E-state index in [1.165, 1.54) is 19.4 Å². The van der Waals surface area contributed by atoms with Gasteiger partial charge in [0.1, 0.15) is 18.4 Å². The maximum Gasteiger partial charge on any atom is 0.545 e. The second-order valence-electron chi connectivity index (χ2n) is 8.51. The molecular weight excluding hydrogens is 555 g/mol. The quantitative estimate of drug-likeness (QED) is 0.285. The fourth-order valence-corrected chi connectivity index (χ4v) is 4.40. The Hall–Kier alpha value is -5.05. The second-order valence-corrected chi connectivity index (χ2v) is 8.95. The molecule has 5 aromatic heterocycles. The van der Waals surface area contributed by atoms with Crippen LogP contribution >= 0.6 is 11.6 Å². The normalized spacial score (nSPS) is 11.9. The lowest BCUT2D eigenvalue weighted by Gasteiger charge is -2.08. The van der Waals surface area contributed by atoms with Gasteiger partial charge < -0.3 is 4.74 Å². The largest absolute Gasteiger partial charge is 0.545 e. The van der Waals surface area contributed by atoms with E-state index in [9.17, 15) is 22.8 Å². The van der Waals surface area contributed by atoms with Crippen LogP contribution < -0.4 is 25.8 Å². The number of aromatic amines is 1. The lowest BCUT2D eigenvalue weighted by Crippen LogP contribution is -2.52. The molecule has 0 bridgehead atoms. The predicted molar refractivity (Wildman–Crippen MR) is 131 cm³/mol.